The summed E-state index contributed by atoms with van der Waals surface area (Å²) in [7, 11) is 1.63. The third-order valence-corrected chi connectivity index (χ3v) is 3.78. The molecule has 0 unspecified atom stereocenters. The Morgan fingerprint density at radius 1 is 1.08 bits per heavy atom. The van der Waals surface area contributed by atoms with Gasteiger partial charge in [-0.25, -0.2) is 4.79 Å². The second kappa shape index (κ2) is 7.57. The number of hydrogen-bond donors (Lipinski definition) is 2. The lowest BCUT2D eigenvalue weighted by Crippen LogP contribution is -2.49. The third kappa shape index (κ3) is 6.93. The molecule has 1 aromatic rings. The Bertz CT molecular complexity index is 542. The van der Waals surface area contributed by atoms with E-state index >= 15 is 0 Å². The molecule has 0 aromatic heterocycles. The van der Waals surface area contributed by atoms with E-state index in [9.17, 15) is 9.90 Å². The van der Waals surface area contributed by atoms with Crippen LogP contribution in [0.4, 0.5) is 4.79 Å². The van der Waals surface area contributed by atoms with Crippen molar-refractivity contribution in [3.05, 3.63) is 29.8 Å². The summed E-state index contributed by atoms with van der Waals surface area (Å²) in [4.78, 5) is 11.6. The molecule has 6 heteroatoms. The summed E-state index contributed by atoms with van der Waals surface area (Å²) < 4.78 is 10.9. The normalized spacial score (nSPS) is 12.7. The average molecular weight is 334 g/mol. The van der Waals surface area contributed by atoms with Gasteiger partial charge in [0, 0.05) is 6.54 Å². The van der Waals surface area contributed by atoms with Crippen molar-refractivity contribution in [3.8, 4) is 0 Å². The summed E-state index contributed by atoms with van der Waals surface area (Å²) in [5.74, 6) is 0. The molecular formula is C18H29BNO4. The molecule has 133 valence electrons. The molecule has 2 N–H and O–H groups in total. The van der Waals surface area contributed by atoms with Crippen LogP contribution in [-0.2, 0) is 15.9 Å². The zero-order chi connectivity index (χ0) is 18.6. The maximum absolute atomic E-state index is 11.6. The van der Waals surface area contributed by atoms with E-state index < -0.39 is 22.9 Å². The van der Waals surface area contributed by atoms with E-state index in [1.165, 1.54) is 0 Å². The van der Waals surface area contributed by atoms with E-state index in [1.807, 2.05) is 58.9 Å². The number of carbonyl (C=O) groups is 1. The van der Waals surface area contributed by atoms with Crippen LogP contribution in [0.2, 0.25) is 0 Å². The molecule has 0 saturated heterocycles. The predicted molar refractivity (Wildman–Crippen MR) is 96.4 cm³/mol. The maximum atomic E-state index is 11.6. The molecule has 1 aromatic carbocycles. The highest BCUT2D eigenvalue weighted by molar-refractivity contribution is 6.47. The fraction of sp³-hybridized carbons (Fsp3) is 0.611. The minimum Gasteiger partial charge on any atom is -0.444 e. The van der Waals surface area contributed by atoms with Crippen molar-refractivity contribution in [2.24, 2.45) is 0 Å². The maximum Gasteiger partial charge on any atom is 0.407 e. The summed E-state index contributed by atoms with van der Waals surface area (Å²) in [6.07, 6.45) is -0.437. The number of benzene rings is 1. The van der Waals surface area contributed by atoms with E-state index in [-0.39, 0.29) is 0 Å². The first-order chi connectivity index (χ1) is 10.8. The first-order valence-electron chi connectivity index (χ1n) is 8.09. The first-order valence-corrected chi connectivity index (χ1v) is 8.09. The number of ether oxygens (including phenoxy) is 1. The molecule has 0 bridgehead atoms. The summed E-state index contributed by atoms with van der Waals surface area (Å²) in [5, 5.41) is 12.8. The average Bonchev–Trinajstić information content (AvgIpc) is 2.41. The number of amides is 1. The van der Waals surface area contributed by atoms with Crippen LogP contribution >= 0.6 is 0 Å². The van der Waals surface area contributed by atoms with Crippen molar-refractivity contribution < 1.29 is 19.3 Å². The van der Waals surface area contributed by atoms with E-state index in [4.69, 9.17) is 9.39 Å². The van der Waals surface area contributed by atoms with Crippen molar-refractivity contribution in [3.63, 3.8) is 0 Å². The zero-order valence-corrected chi connectivity index (χ0v) is 15.8. The monoisotopic (exact) mass is 334 g/mol. The Morgan fingerprint density at radius 3 is 2.08 bits per heavy atom. The number of hydrogen-bond acceptors (Lipinski definition) is 4. The molecule has 24 heavy (non-hydrogen) atoms. The van der Waals surface area contributed by atoms with E-state index in [2.05, 4.69) is 5.32 Å². The number of alkyl carbamates (subject to hydrolysis) is 1. The summed E-state index contributed by atoms with van der Waals surface area (Å²) in [6.45, 7) is 13.0. The van der Waals surface area contributed by atoms with Gasteiger partial charge in [0.25, 0.3) is 0 Å². The SMILES string of the molecule is CC(C)(C)OC(=O)NCc1ccc([B]OC(C)(C)C(C)(C)O)cc1. The van der Waals surface area contributed by atoms with Crippen molar-refractivity contribution in [2.45, 2.75) is 71.8 Å². The second-order valence-electron chi connectivity index (χ2n) is 7.90. The Labute approximate surface area is 146 Å². The molecule has 1 radical (unpaired) electrons. The molecule has 0 aliphatic carbocycles. The number of rotatable bonds is 6. The predicted octanol–water partition coefficient (Wildman–Crippen LogP) is 2.52. The van der Waals surface area contributed by atoms with E-state index in [1.54, 1.807) is 21.3 Å². The summed E-state index contributed by atoms with van der Waals surface area (Å²) in [5.41, 5.74) is -0.328. The van der Waals surface area contributed by atoms with Gasteiger partial charge < -0.3 is 19.8 Å². The van der Waals surface area contributed by atoms with Crippen LogP contribution in [-0.4, -0.2) is 35.5 Å². The number of nitrogens with one attached hydrogen (secondary N) is 1. The van der Waals surface area contributed by atoms with Crippen LogP contribution in [0, 0.1) is 0 Å². The van der Waals surface area contributed by atoms with Crippen molar-refractivity contribution in [1.29, 1.82) is 0 Å². The van der Waals surface area contributed by atoms with Gasteiger partial charge in [-0.2, -0.15) is 0 Å². The van der Waals surface area contributed by atoms with Crippen LogP contribution in [0.5, 0.6) is 0 Å². The topological polar surface area (TPSA) is 67.8 Å². The fourth-order valence-electron chi connectivity index (χ4n) is 1.56. The van der Waals surface area contributed by atoms with Gasteiger partial charge in [-0.15, -0.1) is 0 Å². The molecule has 0 heterocycles. The summed E-state index contributed by atoms with van der Waals surface area (Å²) in [6, 6.07) is 7.60. The van der Waals surface area contributed by atoms with Gasteiger partial charge in [0.15, 0.2) is 0 Å². The fourth-order valence-corrected chi connectivity index (χ4v) is 1.56. The first kappa shape index (κ1) is 20.5. The highest BCUT2D eigenvalue weighted by Crippen LogP contribution is 2.24. The summed E-state index contributed by atoms with van der Waals surface area (Å²) >= 11 is 0. The molecule has 5 nitrogen and oxygen atoms in total. The van der Waals surface area contributed by atoms with Gasteiger partial charge >= 0.3 is 13.6 Å². The smallest absolute Gasteiger partial charge is 0.407 e. The minimum absolute atomic E-state index is 0.394. The van der Waals surface area contributed by atoms with Gasteiger partial charge in [0.2, 0.25) is 0 Å². The molecule has 1 rings (SSSR count). The second-order valence-corrected chi connectivity index (χ2v) is 7.90. The molecule has 0 saturated carbocycles. The zero-order valence-electron chi connectivity index (χ0n) is 15.8. The standard InChI is InChI=1S/C18H29BNO4/c1-16(2,3)23-15(21)20-12-13-8-10-14(11-9-13)19-24-18(6,7)17(4,5)22/h8-11,22H,12H2,1-7H3,(H,20,21). The van der Waals surface area contributed by atoms with Gasteiger partial charge in [-0.05, 0) is 54.0 Å². The van der Waals surface area contributed by atoms with Gasteiger partial charge in [-0.1, -0.05) is 29.7 Å². The Balaban J connectivity index is 2.51. The molecule has 0 fully saturated rings. The van der Waals surface area contributed by atoms with Crippen molar-refractivity contribution in [1.82, 2.24) is 5.32 Å². The number of carbonyl (C=O) groups excluding carboxylic acids is 1. The van der Waals surface area contributed by atoms with Crippen LogP contribution in [0.1, 0.15) is 54.0 Å². The van der Waals surface area contributed by atoms with Gasteiger partial charge in [0.1, 0.15) is 5.60 Å². The third-order valence-electron chi connectivity index (χ3n) is 3.78. The Hall–Kier alpha value is -1.53. The van der Waals surface area contributed by atoms with Gasteiger partial charge in [-0.3, -0.25) is 0 Å². The van der Waals surface area contributed by atoms with Crippen molar-refractivity contribution in [2.75, 3.05) is 0 Å². The van der Waals surface area contributed by atoms with E-state index in [0.29, 0.717) is 6.54 Å². The van der Waals surface area contributed by atoms with Crippen LogP contribution in [0.3, 0.4) is 0 Å². The van der Waals surface area contributed by atoms with Crippen LogP contribution < -0.4 is 10.8 Å². The molecule has 0 spiro atoms. The Morgan fingerprint density at radius 2 is 1.62 bits per heavy atom. The lowest BCUT2D eigenvalue weighted by atomic mass is 9.82. The van der Waals surface area contributed by atoms with Crippen molar-refractivity contribution >= 4 is 19.0 Å². The molecule has 0 aliphatic rings. The largest absolute Gasteiger partial charge is 0.444 e. The number of aliphatic hydroxyl groups is 1. The quantitative estimate of drug-likeness (QED) is 0.785. The molecule has 1 amide bonds. The lowest BCUT2D eigenvalue weighted by Gasteiger charge is -2.37. The minimum atomic E-state index is -0.958. The lowest BCUT2D eigenvalue weighted by molar-refractivity contribution is -0.0893. The highest BCUT2D eigenvalue weighted by Gasteiger charge is 2.35. The molecule has 0 aliphatic heterocycles. The van der Waals surface area contributed by atoms with Crippen LogP contribution in [0.15, 0.2) is 24.3 Å². The van der Waals surface area contributed by atoms with Crippen LogP contribution in [0.25, 0.3) is 0 Å². The Kier molecular flexibility index (Phi) is 6.48. The molecular weight excluding hydrogens is 305 g/mol. The van der Waals surface area contributed by atoms with Gasteiger partial charge in [0.05, 0.1) is 11.2 Å². The molecule has 0 atom stereocenters. The highest BCUT2D eigenvalue weighted by atomic mass is 16.6. The van der Waals surface area contributed by atoms with E-state index in [0.717, 1.165) is 11.0 Å².